The van der Waals surface area contributed by atoms with Crippen LogP contribution in [0.5, 0.6) is 0 Å². The molecule has 172 valence electrons. The number of hydrogen-bond donors (Lipinski definition) is 2. The molecule has 4 rings (SSSR count). The monoisotopic (exact) mass is 457 g/mol. The fourth-order valence-corrected chi connectivity index (χ4v) is 3.05. The topological polar surface area (TPSA) is 124 Å². The molecule has 33 heavy (non-hydrogen) atoms. The predicted octanol–water partition coefficient (Wildman–Crippen LogP) is 3.60. The Balaban J connectivity index is 1.46. The van der Waals surface area contributed by atoms with Crippen molar-refractivity contribution < 1.29 is 23.1 Å². The fourth-order valence-electron chi connectivity index (χ4n) is 3.05. The Morgan fingerprint density at radius 2 is 1.82 bits per heavy atom. The lowest BCUT2D eigenvalue weighted by atomic mass is 10.1. The summed E-state index contributed by atoms with van der Waals surface area (Å²) in [6.45, 7) is 3.28. The summed E-state index contributed by atoms with van der Waals surface area (Å²) in [7, 11) is 1.59. The van der Waals surface area contributed by atoms with Gasteiger partial charge < -0.3 is 10.1 Å². The average Bonchev–Trinajstić information content (AvgIpc) is 3.44. The summed E-state index contributed by atoms with van der Waals surface area (Å²) in [6, 6.07) is 0.910. The largest absolute Gasteiger partial charge is 0.441 e. The van der Waals surface area contributed by atoms with Crippen LogP contribution in [0, 0.1) is 17.2 Å². The smallest absolute Gasteiger partial charge is 0.413 e. The fraction of sp³-hybridized carbons (Fsp3) is 0.333. The van der Waals surface area contributed by atoms with Crippen molar-refractivity contribution >= 4 is 23.5 Å². The maximum Gasteiger partial charge on any atom is 0.413 e. The molecule has 12 heteroatoms. The Morgan fingerprint density at radius 1 is 1.12 bits per heavy atom. The van der Waals surface area contributed by atoms with Gasteiger partial charge in [0.05, 0.1) is 41.6 Å². The molecule has 0 radical (unpaired) electrons. The van der Waals surface area contributed by atoms with Crippen molar-refractivity contribution in [1.29, 1.82) is 0 Å². The number of carbonyl (C=O) groups excluding carboxylic acids is 2. The van der Waals surface area contributed by atoms with Gasteiger partial charge in [0, 0.05) is 12.5 Å². The average molecular weight is 457 g/mol. The third-order valence-electron chi connectivity index (χ3n) is 5.41. The van der Waals surface area contributed by atoms with E-state index in [2.05, 4.69) is 30.7 Å². The first kappa shape index (κ1) is 22.2. The van der Waals surface area contributed by atoms with E-state index in [4.69, 9.17) is 4.74 Å². The quantitative estimate of drug-likeness (QED) is 0.542. The zero-order chi connectivity index (χ0) is 23.8. The van der Waals surface area contributed by atoms with Crippen molar-refractivity contribution in [3.8, 4) is 11.4 Å². The third kappa shape index (κ3) is 4.78. The van der Waals surface area contributed by atoms with Crippen LogP contribution in [0.15, 0.2) is 30.9 Å². The molecule has 2 amide bonds. The van der Waals surface area contributed by atoms with Crippen LogP contribution in [-0.4, -0.2) is 36.7 Å². The van der Waals surface area contributed by atoms with Gasteiger partial charge in [0.15, 0.2) is 5.82 Å². The van der Waals surface area contributed by atoms with Gasteiger partial charge in [-0.2, -0.15) is 9.49 Å². The van der Waals surface area contributed by atoms with Crippen molar-refractivity contribution in [3.63, 3.8) is 0 Å². The molecule has 1 atom stereocenters. The van der Waals surface area contributed by atoms with Crippen LogP contribution in [0.2, 0.25) is 0 Å². The molecular formula is C21H21F2N7O3. The Bertz CT molecular complexity index is 1210. The minimum Gasteiger partial charge on any atom is -0.441 e. The van der Waals surface area contributed by atoms with E-state index in [0.29, 0.717) is 11.3 Å². The number of hydrogen-bond acceptors (Lipinski definition) is 7. The van der Waals surface area contributed by atoms with Crippen LogP contribution >= 0.6 is 0 Å². The number of anilines is 2. The van der Waals surface area contributed by atoms with E-state index >= 15 is 0 Å². The standard InChI is InChI=1S/C21H21F2N7O3/c1-11(14-6-12(22)7-24-16(14)23)33-20(32)29-18-15(10-27-30(18)3)17-25-8-13(9-26-17)28-19(31)21(2)4-5-21/h6-11H,4-5H2,1-3H3,(H,28,31)(H,29,32)/t11-/m1/s1. The summed E-state index contributed by atoms with van der Waals surface area (Å²) in [5, 5.41) is 9.40. The van der Waals surface area contributed by atoms with E-state index in [0.717, 1.165) is 25.1 Å². The molecule has 1 saturated carbocycles. The van der Waals surface area contributed by atoms with Crippen LogP contribution in [-0.2, 0) is 16.6 Å². The highest BCUT2D eigenvalue weighted by atomic mass is 19.1. The van der Waals surface area contributed by atoms with E-state index in [1.165, 1.54) is 30.2 Å². The molecule has 10 nitrogen and oxygen atoms in total. The van der Waals surface area contributed by atoms with E-state index < -0.39 is 24.0 Å². The first-order chi connectivity index (χ1) is 15.7. The van der Waals surface area contributed by atoms with Gasteiger partial charge in [-0.25, -0.2) is 24.1 Å². The van der Waals surface area contributed by atoms with Gasteiger partial charge in [-0.1, -0.05) is 6.92 Å². The van der Waals surface area contributed by atoms with E-state index in [-0.39, 0.29) is 28.5 Å². The molecular weight excluding hydrogens is 436 g/mol. The number of nitrogens with zero attached hydrogens (tertiary/aromatic N) is 5. The molecule has 3 heterocycles. The number of ether oxygens (including phenoxy) is 1. The molecule has 1 aliphatic rings. The number of aromatic nitrogens is 5. The minimum atomic E-state index is -1.10. The maximum absolute atomic E-state index is 13.8. The number of nitrogens with one attached hydrogen (secondary N) is 2. The molecule has 1 aliphatic carbocycles. The van der Waals surface area contributed by atoms with Crippen molar-refractivity contribution in [2.45, 2.75) is 32.8 Å². The molecule has 0 aromatic carbocycles. The second-order valence-electron chi connectivity index (χ2n) is 8.05. The molecule has 0 bridgehead atoms. The molecule has 3 aromatic heterocycles. The van der Waals surface area contributed by atoms with Crippen molar-refractivity contribution in [3.05, 3.63) is 48.2 Å². The van der Waals surface area contributed by atoms with Gasteiger partial charge in [0.2, 0.25) is 11.9 Å². The maximum atomic E-state index is 13.8. The molecule has 1 fully saturated rings. The van der Waals surface area contributed by atoms with Crippen LogP contribution < -0.4 is 10.6 Å². The number of pyridine rings is 1. The number of rotatable bonds is 6. The first-order valence-electron chi connectivity index (χ1n) is 10.1. The lowest BCUT2D eigenvalue weighted by Gasteiger charge is -2.15. The molecule has 0 spiro atoms. The zero-order valence-electron chi connectivity index (χ0n) is 18.1. The lowest BCUT2D eigenvalue weighted by Crippen LogP contribution is -2.21. The van der Waals surface area contributed by atoms with Crippen molar-refractivity contribution in [2.75, 3.05) is 10.6 Å². The molecule has 0 saturated heterocycles. The molecule has 3 aromatic rings. The molecule has 0 unspecified atom stereocenters. The van der Waals surface area contributed by atoms with E-state index in [9.17, 15) is 18.4 Å². The highest BCUT2D eigenvalue weighted by molar-refractivity contribution is 5.96. The zero-order valence-corrected chi connectivity index (χ0v) is 18.1. The molecule has 2 N–H and O–H groups in total. The summed E-state index contributed by atoms with van der Waals surface area (Å²) < 4.78 is 33.7. The Hall–Kier alpha value is -3.96. The highest BCUT2D eigenvalue weighted by Crippen LogP contribution is 2.45. The summed E-state index contributed by atoms with van der Waals surface area (Å²) in [5.74, 6) is -1.28. The Morgan fingerprint density at radius 3 is 2.48 bits per heavy atom. The van der Waals surface area contributed by atoms with E-state index in [1.807, 2.05) is 6.92 Å². The number of halogens is 2. The second-order valence-corrected chi connectivity index (χ2v) is 8.05. The second kappa shape index (κ2) is 8.52. The van der Waals surface area contributed by atoms with Gasteiger partial charge in [-0.15, -0.1) is 0 Å². The number of amides is 2. The highest BCUT2D eigenvalue weighted by Gasteiger charge is 2.44. The van der Waals surface area contributed by atoms with Crippen LogP contribution in [0.3, 0.4) is 0 Å². The number of carbonyl (C=O) groups is 2. The van der Waals surface area contributed by atoms with Crippen LogP contribution in [0.25, 0.3) is 11.4 Å². The number of aryl methyl sites for hydroxylation is 1. The third-order valence-corrected chi connectivity index (χ3v) is 5.41. The lowest BCUT2D eigenvalue weighted by molar-refractivity contribution is -0.120. The summed E-state index contributed by atoms with van der Waals surface area (Å²) in [6.07, 6.45) is 4.78. The Kier molecular flexibility index (Phi) is 5.75. The normalized spacial score (nSPS) is 14.9. The predicted molar refractivity (Wildman–Crippen MR) is 113 cm³/mol. The Labute approximate surface area is 187 Å². The van der Waals surface area contributed by atoms with Gasteiger partial charge in [0.25, 0.3) is 0 Å². The van der Waals surface area contributed by atoms with Crippen LogP contribution in [0.4, 0.5) is 25.1 Å². The summed E-state index contributed by atoms with van der Waals surface area (Å²) in [4.78, 5) is 36.3. The summed E-state index contributed by atoms with van der Waals surface area (Å²) in [5.41, 5.74) is 0.319. The minimum absolute atomic E-state index is 0.0793. The van der Waals surface area contributed by atoms with Gasteiger partial charge >= 0.3 is 6.09 Å². The van der Waals surface area contributed by atoms with Crippen LogP contribution in [0.1, 0.15) is 38.4 Å². The van der Waals surface area contributed by atoms with Crippen molar-refractivity contribution in [1.82, 2.24) is 24.7 Å². The summed E-state index contributed by atoms with van der Waals surface area (Å²) >= 11 is 0. The first-order valence-corrected chi connectivity index (χ1v) is 10.1. The van der Waals surface area contributed by atoms with Gasteiger partial charge in [0.1, 0.15) is 17.7 Å². The van der Waals surface area contributed by atoms with E-state index in [1.54, 1.807) is 7.05 Å². The molecule has 0 aliphatic heterocycles. The SMILES string of the molecule is C[C@@H](OC(=O)Nc1c(-c2ncc(NC(=O)C3(C)CC3)cn2)cnn1C)c1cc(F)cnc1F. The van der Waals surface area contributed by atoms with Gasteiger partial charge in [-0.3, -0.25) is 14.8 Å². The van der Waals surface area contributed by atoms with Crippen molar-refractivity contribution in [2.24, 2.45) is 12.5 Å². The van der Waals surface area contributed by atoms with Gasteiger partial charge in [-0.05, 0) is 25.8 Å².